The molecule has 62 heavy (non-hydrogen) atoms. The zero-order chi connectivity index (χ0) is 45.2. The second kappa shape index (κ2) is 32.5. The molecule has 1 aromatic rings. The summed E-state index contributed by atoms with van der Waals surface area (Å²) in [6, 6.07) is 4.65. The zero-order valence-electron chi connectivity index (χ0n) is 36.5. The number of benzene rings is 1. The van der Waals surface area contributed by atoms with Crippen LogP contribution >= 0.6 is 12.2 Å². The van der Waals surface area contributed by atoms with Gasteiger partial charge in [-0.05, 0) is 81.7 Å². The van der Waals surface area contributed by atoms with E-state index in [0.717, 1.165) is 96.7 Å². The molecule has 0 spiro atoms. The van der Waals surface area contributed by atoms with Crippen molar-refractivity contribution < 1.29 is 86.1 Å². The van der Waals surface area contributed by atoms with Crippen LogP contribution in [0.5, 0.6) is 0 Å². The van der Waals surface area contributed by atoms with E-state index in [1.165, 1.54) is 5.56 Å². The summed E-state index contributed by atoms with van der Waals surface area (Å²) in [7, 11) is 0. The second-order valence-corrected chi connectivity index (χ2v) is 15.9. The van der Waals surface area contributed by atoms with Gasteiger partial charge in [0.25, 0.3) is 0 Å². The Kier molecular flexibility index (Phi) is 29.7. The predicted molar refractivity (Wildman–Crippen MR) is 237 cm³/mol. The standard InChI is InChI=1S/C42H70N8O10S.Lu/c1-4-47-22-24-48(5-2)29-33(50(6-3)27-26-49(25-23-47)30-38(54)55)28-31-13-15-32(16-14-31)44-42(61)43-21-11-9-7-8-10-12-34(51)17-18-35(39(56)57)45-41(60)46-36(40(58)59)19-20-37(52)53;/h13-16,33,35-36H,4-12,17-30H2,1-3H3,(H,52,53)(H,54,55)(H,56,57)(H,58,59)(H2,43,44,61)(H2,45,46,60);/t33-,35+,36+;/m1./s1. The number of carbonyl (C=O) groups is 6. The summed E-state index contributed by atoms with van der Waals surface area (Å²) < 4.78 is 0. The van der Waals surface area contributed by atoms with Crippen molar-refractivity contribution in [3.8, 4) is 0 Å². The molecule has 0 unspecified atom stereocenters. The van der Waals surface area contributed by atoms with Gasteiger partial charge in [0.05, 0.1) is 6.54 Å². The van der Waals surface area contributed by atoms with Crippen LogP contribution < -0.4 is 21.3 Å². The van der Waals surface area contributed by atoms with Gasteiger partial charge in [-0.1, -0.05) is 52.2 Å². The number of aliphatic carboxylic acids is 4. The van der Waals surface area contributed by atoms with Crippen LogP contribution in [0.4, 0.5) is 10.5 Å². The van der Waals surface area contributed by atoms with Crippen molar-refractivity contribution in [2.75, 3.05) is 83.9 Å². The number of urea groups is 1. The monoisotopic (exact) mass is 1050 g/mol. The quantitative estimate of drug-likeness (QED) is 0.0491. The molecule has 1 radical (unpaired) electrons. The van der Waals surface area contributed by atoms with Crippen molar-refractivity contribution >= 4 is 58.7 Å². The number of carboxylic acids is 4. The summed E-state index contributed by atoms with van der Waals surface area (Å²) in [4.78, 5) is 79.3. The van der Waals surface area contributed by atoms with Crippen LogP contribution in [0.15, 0.2) is 24.3 Å². The van der Waals surface area contributed by atoms with Gasteiger partial charge in [0, 0.05) is 120 Å². The smallest absolute Gasteiger partial charge is 0.326 e. The molecule has 1 heterocycles. The van der Waals surface area contributed by atoms with Crippen molar-refractivity contribution in [1.29, 1.82) is 0 Å². The third-order valence-electron chi connectivity index (χ3n) is 11.0. The Bertz CT molecular complexity index is 1540. The number of rotatable bonds is 26. The van der Waals surface area contributed by atoms with E-state index >= 15 is 0 Å². The summed E-state index contributed by atoms with van der Waals surface area (Å²) in [6.07, 6.45) is 4.26. The van der Waals surface area contributed by atoms with Crippen molar-refractivity contribution in [3.05, 3.63) is 29.8 Å². The molecule has 0 bridgehead atoms. The summed E-state index contributed by atoms with van der Waals surface area (Å²) in [6.45, 7) is 16.1. The molecular formula is C42H70LuN8O10S. The summed E-state index contributed by atoms with van der Waals surface area (Å²) in [5.74, 6) is -4.99. The van der Waals surface area contributed by atoms with Crippen molar-refractivity contribution in [2.45, 2.75) is 110 Å². The fourth-order valence-electron chi connectivity index (χ4n) is 7.23. The average Bonchev–Trinajstić information content (AvgIpc) is 3.20. The Balaban J connectivity index is 0.0000192. The van der Waals surface area contributed by atoms with Gasteiger partial charge in [-0.2, -0.15) is 0 Å². The second-order valence-electron chi connectivity index (χ2n) is 15.5. The van der Waals surface area contributed by atoms with E-state index in [4.69, 9.17) is 17.3 Å². The van der Waals surface area contributed by atoms with Gasteiger partial charge in [0.1, 0.15) is 17.9 Å². The average molecular weight is 1050 g/mol. The number of hydrogen-bond acceptors (Lipinski definition) is 11. The number of anilines is 1. The molecule has 2 rings (SSSR count). The first-order chi connectivity index (χ1) is 29.1. The fourth-order valence-corrected chi connectivity index (χ4v) is 7.45. The molecule has 3 atom stereocenters. The van der Waals surface area contributed by atoms with E-state index in [1.807, 2.05) is 12.1 Å². The number of unbranched alkanes of at least 4 members (excludes halogenated alkanes) is 4. The van der Waals surface area contributed by atoms with Gasteiger partial charge in [0.2, 0.25) is 0 Å². The van der Waals surface area contributed by atoms with Crippen LogP contribution in [0.2, 0.25) is 0 Å². The Hall–Kier alpha value is -3.20. The number of amides is 2. The molecule has 359 valence electrons. The first-order valence-electron chi connectivity index (χ1n) is 21.7. The van der Waals surface area contributed by atoms with Gasteiger partial charge < -0.3 is 51.5 Å². The molecule has 0 aromatic heterocycles. The molecule has 1 fully saturated rings. The normalized spacial score (nSPS) is 16.9. The first kappa shape index (κ1) is 56.8. The van der Waals surface area contributed by atoms with E-state index in [2.05, 4.69) is 73.8 Å². The van der Waals surface area contributed by atoms with Crippen LogP contribution in [0, 0.1) is 36.9 Å². The number of thiocarbonyl (C=S) groups is 1. The maximum Gasteiger partial charge on any atom is 0.326 e. The molecule has 1 aliphatic heterocycles. The first-order valence-corrected chi connectivity index (χ1v) is 22.1. The molecule has 0 aliphatic carbocycles. The van der Waals surface area contributed by atoms with Crippen molar-refractivity contribution in [2.24, 2.45) is 0 Å². The number of nitrogens with one attached hydrogen (secondary N) is 4. The minimum atomic E-state index is -1.50. The SMILES string of the molecule is CCN1CCN(CC(=O)O)CCN(CC)[C@H](Cc2ccc(NC(=S)NCCCCCCCC(=O)CC[C@H](NC(=O)N[C@@H](CCC(=O)O)C(=O)O)C(=O)O)cc2)CN(CC)CC1.[Lu]. The maximum atomic E-state index is 12.4. The number of carbonyl (C=O) groups excluding carboxylic acids is 2. The molecule has 18 nitrogen and oxygen atoms in total. The largest absolute Gasteiger partial charge is 0.481 e. The summed E-state index contributed by atoms with van der Waals surface area (Å²) in [5, 5.41) is 48.2. The molecule has 1 aromatic carbocycles. The van der Waals surface area contributed by atoms with Gasteiger partial charge in [-0.3, -0.25) is 24.2 Å². The number of carboxylic acid groups (broad SMARTS) is 4. The molecule has 0 saturated carbocycles. The van der Waals surface area contributed by atoms with E-state index in [-0.39, 0.29) is 80.9 Å². The minimum Gasteiger partial charge on any atom is -0.481 e. The Morgan fingerprint density at radius 1 is 0.677 bits per heavy atom. The molecule has 20 heteroatoms. The van der Waals surface area contributed by atoms with Gasteiger partial charge in [-0.15, -0.1) is 0 Å². The van der Waals surface area contributed by atoms with Gasteiger partial charge in [-0.25, -0.2) is 14.4 Å². The maximum absolute atomic E-state index is 12.4. The molecular weight excluding hydrogens is 984 g/mol. The van der Waals surface area contributed by atoms with Crippen molar-refractivity contribution in [1.82, 2.24) is 35.6 Å². The number of Topliss-reactive ketones (excluding diaryl/α,β-unsaturated/α-hetero) is 1. The third-order valence-corrected chi connectivity index (χ3v) is 11.2. The van der Waals surface area contributed by atoms with Gasteiger partial charge in [0.15, 0.2) is 5.11 Å². The Morgan fingerprint density at radius 2 is 1.23 bits per heavy atom. The van der Waals surface area contributed by atoms with Crippen LogP contribution in [-0.2, 0) is 30.4 Å². The van der Waals surface area contributed by atoms with E-state index < -0.39 is 48.4 Å². The summed E-state index contributed by atoms with van der Waals surface area (Å²) >= 11 is 5.54. The van der Waals surface area contributed by atoms with Crippen LogP contribution in [0.3, 0.4) is 0 Å². The van der Waals surface area contributed by atoms with Crippen LogP contribution in [-0.4, -0.2) is 177 Å². The van der Waals surface area contributed by atoms with Crippen LogP contribution in [0.1, 0.15) is 90.5 Å². The summed E-state index contributed by atoms with van der Waals surface area (Å²) in [5.41, 5.74) is 2.12. The Morgan fingerprint density at radius 3 is 1.79 bits per heavy atom. The topological polar surface area (TPSA) is 244 Å². The molecule has 1 aliphatic rings. The number of likely N-dealkylation sites (N-methyl/N-ethyl adjacent to an activating group) is 3. The molecule has 1 saturated heterocycles. The fraction of sp³-hybridized carbons (Fsp3) is 0.690. The van der Waals surface area contributed by atoms with Gasteiger partial charge >= 0.3 is 29.9 Å². The van der Waals surface area contributed by atoms with Crippen LogP contribution in [0.25, 0.3) is 0 Å². The third kappa shape index (κ3) is 24.6. The minimum absolute atomic E-state index is 0. The van der Waals surface area contributed by atoms with E-state index in [9.17, 15) is 44.1 Å². The number of nitrogens with zero attached hydrogens (tertiary/aromatic N) is 4. The zero-order valence-corrected chi connectivity index (χ0v) is 39.0. The number of ketones is 1. The predicted octanol–water partition coefficient (Wildman–Crippen LogP) is 3.01. The van der Waals surface area contributed by atoms with E-state index in [0.29, 0.717) is 24.6 Å². The van der Waals surface area contributed by atoms with Crippen molar-refractivity contribution in [3.63, 3.8) is 0 Å². The van der Waals surface area contributed by atoms with E-state index in [1.54, 1.807) is 0 Å². The Labute approximate surface area is 401 Å². The molecule has 8 N–H and O–H groups in total. The molecule has 2 amide bonds. The number of hydrogen-bond donors (Lipinski definition) is 8.